The summed E-state index contributed by atoms with van der Waals surface area (Å²) in [5.74, 6) is -0.0875. The molecule has 0 radical (unpaired) electrons. The van der Waals surface area contributed by atoms with Crippen molar-refractivity contribution in [1.82, 2.24) is 0 Å². The summed E-state index contributed by atoms with van der Waals surface area (Å²) in [7, 11) is -4.28. The number of fused-ring (bicyclic) bond motifs is 1. The highest BCUT2D eigenvalue weighted by Gasteiger charge is 2.33. The highest BCUT2D eigenvalue weighted by molar-refractivity contribution is 7.48. The third-order valence-electron chi connectivity index (χ3n) is 5.46. The summed E-state index contributed by atoms with van der Waals surface area (Å²) in [5.41, 5.74) is 2.06. The Morgan fingerprint density at radius 2 is 1.14 bits per heavy atom. The van der Waals surface area contributed by atoms with E-state index in [9.17, 15) is 9.36 Å². The number of phosphoric ester groups is 1. The lowest BCUT2D eigenvalue weighted by Crippen LogP contribution is -2.12. The number of hydrogen-bond donors (Lipinski definition) is 0. The van der Waals surface area contributed by atoms with Crippen LogP contribution in [0.1, 0.15) is 11.1 Å². The van der Waals surface area contributed by atoms with E-state index >= 15 is 0 Å². The topological polar surface area (TPSA) is 75.0 Å². The number of para-hydroxylation sites is 1. The van der Waals surface area contributed by atoms with E-state index in [2.05, 4.69) is 0 Å². The molecule has 1 heterocycles. The zero-order valence-corrected chi connectivity index (χ0v) is 20.2. The second-order valence-corrected chi connectivity index (χ2v) is 9.60. The fourth-order valence-electron chi connectivity index (χ4n) is 3.64. The van der Waals surface area contributed by atoms with Gasteiger partial charge < -0.3 is 8.94 Å². The molecule has 0 saturated heterocycles. The minimum atomic E-state index is -4.28. The molecule has 5 rings (SSSR count). The lowest BCUT2D eigenvalue weighted by molar-refractivity contribution is 0.142. The van der Waals surface area contributed by atoms with Crippen molar-refractivity contribution in [2.24, 2.45) is 0 Å². The van der Waals surface area contributed by atoms with Gasteiger partial charge in [0, 0.05) is 5.56 Å². The molecule has 0 aliphatic rings. The number of benzene rings is 4. The first-order chi connectivity index (χ1) is 17.6. The third kappa shape index (κ3) is 5.47. The van der Waals surface area contributed by atoms with Crippen molar-refractivity contribution in [1.29, 1.82) is 0 Å². The number of rotatable bonds is 9. The molecule has 1 aromatic heterocycles. The third-order valence-corrected chi connectivity index (χ3v) is 6.76. The van der Waals surface area contributed by atoms with Crippen LogP contribution in [-0.2, 0) is 26.8 Å². The van der Waals surface area contributed by atoms with Crippen LogP contribution in [0.25, 0.3) is 22.3 Å². The van der Waals surface area contributed by atoms with Crippen molar-refractivity contribution in [3.63, 3.8) is 0 Å². The van der Waals surface area contributed by atoms with Gasteiger partial charge in [-0.05, 0) is 23.3 Å². The van der Waals surface area contributed by atoms with E-state index in [4.69, 9.17) is 18.0 Å². The van der Waals surface area contributed by atoms with Gasteiger partial charge >= 0.3 is 7.82 Å². The maximum absolute atomic E-state index is 14.0. The van der Waals surface area contributed by atoms with Crippen LogP contribution >= 0.6 is 7.82 Å². The lowest BCUT2D eigenvalue weighted by atomic mass is 10.1. The van der Waals surface area contributed by atoms with Crippen LogP contribution in [0, 0.1) is 0 Å². The predicted octanol–water partition coefficient (Wildman–Crippen LogP) is 7.38. The van der Waals surface area contributed by atoms with Crippen molar-refractivity contribution in [3.05, 3.63) is 137 Å². The first-order valence-electron chi connectivity index (χ1n) is 11.4. The van der Waals surface area contributed by atoms with Crippen molar-refractivity contribution < 1.29 is 22.6 Å². The fraction of sp³-hybridized carbons (Fsp3) is 0.0690. The minimum Gasteiger partial charge on any atom is -0.452 e. The van der Waals surface area contributed by atoms with Crippen LogP contribution in [-0.4, -0.2) is 0 Å². The SMILES string of the molecule is O=c1c(OP(=O)(OCc2ccccc2)OCc2ccccc2)c(-c2ccccc2)oc2ccccc12. The van der Waals surface area contributed by atoms with Crippen molar-refractivity contribution in [2.45, 2.75) is 13.2 Å². The van der Waals surface area contributed by atoms with E-state index in [1.54, 1.807) is 36.4 Å². The van der Waals surface area contributed by atoms with Crippen LogP contribution in [0.3, 0.4) is 0 Å². The van der Waals surface area contributed by atoms with Gasteiger partial charge in [0.25, 0.3) is 0 Å². The highest BCUT2D eigenvalue weighted by atomic mass is 31.2. The summed E-state index contributed by atoms with van der Waals surface area (Å²) in [4.78, 5) is 13.5. The van der Waals surface area contributed by atoms with Gasteiger partial charge in [-0.15, -0.1) is 0 Å². The Hall–Kier alpha value is -3.96. The summed E-state index contributed by atoms with van der Waals surface area (Å²) in [6, 6.07) is 34.3. The normalized spacial score (nSPS) is 11.4. The maximum Gasteiger partial charge on any atom is 0.530 e. The van der Waals surface area contributed by atoms with E-state index in [0.717, 1.165) is 11.1 Å². The Bertz CT molecular complexity index is 1500. The van der Waals surface area contributed by atoms with E-state index in [0.29, 0.717) is 16.5 Å². The standard InChI is InChI=1S/C29H23O6P/c30-27-25-18-10-11-19-26(25)34-28(24-16-8-3-9-17-24)29(27)35-36(31,32-20-22-12-4-1-5-13-22)33-21-23-14-6-2-7-15-23/h1-19H,20-21H2. The van der Waals surface area contributed by atoms with E-state index in [1.165, 1.54) is 0 Å². The van der Waals surface area contributed by atoms with E-state index in [1.807, 2.05) is 78.9 Å². The van der Waals surface area contributed by atoms with Gasteiger partial charge in [-0.25, -0.2) is 4.57 Å². The Labute approximate surface area is 208 Å². The molecule has 0 fully saturated rings. The van der Waals surface area contributed by atoms with Crippen LogP contribution in [0.5, 0.6) is 5.75 Å². The Kier molecular flexibility index (Phi) is 7.10. The zero-order valence-electron chi connectivity index (χ0n) is 19.3. The summed E-state index contributed by atoms with van der Waals surface area (Å²) in [6.07, 6.45) is 0. The van der Waals surface area contributed by atoms with Gasteiger partial charge in [-0.1, -0.05) is 103 Å². The molecule has 0 aliphatic heterocycles. The zero-order chi connectivity index (χ0) is 24.8. The average molecular weight is 498 g/mol. The molecule has 36 heavy (non-hydrogen) atoms. The molecule has 0 aliphatic carbocycles. The molecule has 0 amide bonds. The van der Waals surface area contributed by atoms with Gasteiger partial charge in [-0.3, -0.25) is 13.8 Å². The van der Waals surface area contributed by atoms with Crippen molar-refractivity contribution in [2.75, 3.05) is 0 Å². The van der Waals surface area contributed by atoms with Gasteiger partial charge in [0.05, 0.1) is 18.6 Å². The molecular weight excluding hydrogens is 475 g/mol. The fourth-order valence-corrected chi connectivity index (χ4v) is 4.83. The van der Waals surface area contributed by atoms with Crippen LogP contribution in [0.2, 0.25) is 0 Å². The quantitative estimate of drug-likeness (QED) is 0.197. The second kappa shape index (κ2) is 10.8. The van der Waals surface area contributed by atoms with Crippen LogP contribution in [0.4, 0.5) is 0 Å². The summed E-state index contributed by atoms with van der Waals surface area (Å²) < 4.78 is 37.4. The Balaban J connectivity index is 1.56. The molecule has 0 N–H and O–H groups in total. The molecule has 0 unspecified atom stereocenters. The monoisotopic (exact) mass is 498 g/mol. The molecule has 7 heteroatoms. The average Bonchev–Trinajstić information content (AvgIpc) is 2.94. The van der Waals surface area contributed by atoms with Gasteiger partial charge in [0.15, 0.2) is 5.76 Å². The predicted molar refractivity (Wildman–Crippen MR) is 139 cm³/mol. The largest absolute Gasteiger partial charge is 0.530 e. The number of hydrogen-bond acceptors (Lipinski definition) is 6. The molecule has 0 bridgehead atoms. The Morgan fingerprint density at radius 1 is 0.639 bits per heavy atom. The van der Waals surface area contributed by atoms with E-state index in [-0.39, 0.29) is 24.7 Å². The van der Waals surface area contributed by atoms with Gasteiger partial charge in [0.2, 0.25) is 11.2 Å². The minimum absolute atomic E-state index is 0.0352. The van der Waals surface area contributed by atoms with Gasteiger partial charge in [-0.2, -0.15) is 0 Å². The maximum atomic E-state index is 14.0. The van der Waals surface area contributed by atoms with E-state index < -0.39 is 13.3 Å². The molecule has 180 valence electrons. The number of phosphoric acid groups is 1. The molecule has 0 saturated carbocycles. The first kappa shape index (κ1) is 23.8. The second-order valence-electron chi connectivity index (χ2n) is 8.01. The van der Waals surface area contributed by atoms with Crippen LogP contribution < -0.4 is 9.95 Å². The first-order valence-corrected chi connectivity index (χ1v) is 12.9. The van der Waals surface area contributed by atoms with Gasteiger partial charge in [0.1, 0.15) is 5.58 Å². The molecular formula is C29H23O6P. The lowest BCUT2D eigenvalue weighted by Gasteiger charge is -2.20. The Morgan fingerprint density at radius 3 is 1.72 bits per heavy atom. The van der Waals surface area contributed by atoms with Crippen LogP contribution in [0.15, 0.2) is 124 Å². The summed E-state index contributed by atoms with van der Waals surface area (Å²) in [5, 5.41) is 0.296. The summed E-state index contributed by atoms with van der Waals surface area (Å²) in [6.45, 7) is -0.0705. The smallest absolute Gasteiger partial charge is 0.452 e. The molecule has 4 aromatic carbocycles. The molecule has 5 aromatic rings. The molecule has 6 nitrogen and oxygen atoms in total. The van der Waals surface area contributed by atoms with Crippen molar-refractivity contribution in [3.8, 4) is 17.1 Å². The highest BCUT2D eigenvalue weighted by Crippen LogP contribution is 2.52. The molecule has 0 spiro atoms. The summed E-state index contributed by atoms with van der Waals surface area (Å²) >= 11 is 0. The molecule has 0 atom stereocenters. The van der Waals surface area contributed by atoms with Crippen molar-refractivity contribution >= 4 is 18.8 Å².